The maximum absolute atomic E-state index is 12.4. The molecule has 0 radical (unpaired) electrons. The minimum atomic E-state index is -1.31. The van der Waals surface area contributed by atoms with E-state index in [1.807, 2.05) is 27.7 Å². The van der Waals surface area contributed by atoms with Crippen molar-refractivity contribution in [2.24, 2.45) is 17.6 Å². The number of aliphatic carboxylic acids is 1. The quantitative estimate of drug-likeness (QED) is 0.288. The van der Waals surface area contributed by atoms with Crippen LogP contribution in [0, 0.1) is 11.8 Å². The molecule has 0 aromatic heterocycles. The van der Waals surface area contributed by atoms with Crippen LogP contribution in [0.3, 0.4) is 0 Å². The first-order chi connectivity index (χ1) is 16.4. The number of carboxylic acid groups (broad SMARTS) is 1. The van der Waals surface area contributed by atoms with Crippen molar-refractivity contribution in [2.45, 2.75) is 91.7 Å². The molecule has 35 heavy (non-hydrogen) atoms. The van der Waals surface area contributed by atoms with Crippen LogP contribution in [0.25, 0.3) is 0 Å². The monoisotopic (exact) mass is 493 g/mol. The van der Waals surface area contributed by atoms with Gasteiger partial charge in [-0.15, -0.1) is 0 Å². The van der Waals surface area contributed by atoms with Gasteiger partial charge in [0.05, 0.1) is 12.0 Å². The van der Waals surface area contributed by atoms with Gasteiger partial charge in [-0.05, 0) is 49.8 Å². The zero-order valence-corrected chi connectivity index (χ0v) is 21.5. The van der Waals surface area contributed by atoms with E-state index in [0.717, 1.165) is 0 Å². The Morgan fingerprint density at radius 2 is 1.46 bits per heavy atom. The molecule has 1 rings (SSSR count). The van der Waals surface area contributed by atoms with Gasteiger partial charge in [-0.25, -0.2) is 0 Å². The van der Waals surface area contributed by atoms with E-state index >= 15 is 0 Å². The highest BCUT2D eigenvalue weighted by Gasteiger charge is 2.31. The predicted molar refractivity (Wildman–Crippen MR) is 130 cm³/mol. The Morgan fingerprint density at radius 3 is 1.94 bits per heavy atom. The van der Waals surface area contributed by atoms with Crippen molar-refractivity contribution in [3.05, 3.63) is 23.8 Å². The van der Waals surface area contributed by atoms with Crippen LogP contribution in [-0.4, -0.2) is 41.1 Å². The highest BCUT2D eigenvalue weighted by molar-refractivity contribution is 5.77. The number of rotatable bonds is 14. The minimum Gasteiger partial charge on any atom is -0.480 e. The SMILES string of the molecule is CCCC(=O)Oc1ccc(C(CC(C)OC(=O)C(C)C(C)C)[C@H](N)C(=O)O)cc1OC(=O)CCC. The lowest BCUT2D eigenvalue weighted by atomic mass is 9.87. The van der Waals surface area contributed by atoms with Crippen molar-refractivity contribution in [1.29, 1.82) is 0 Å². The topological polar surface area (TPSA) is 142 Å². The first kappa shape index (κ1) is 30.1. The van der Waals surface area contributed by atoms with Crippen LogP contribution in [0.5, 0.6) is 11.5 Å². The summed E-state index contributed by atoms with van der Waals surface area (Å²) in [6, 6.07) is 3.17. The molecule has 3 unspecified atom stereocenters. The standard InChI is InChI=1S/C26H39NO8/c1-7-9-22(28)34-20-12-11-18(14-21(20)35-23(29)10-8-2)19(24(27)25(30)31)13-16(5)33-26(32)17(6)15(3)4/h11-12,14-17,19,24H,7-10,13,27H2,1-6H3,(H,30,31)/t16?,17?,19?,24-/m0/s1. The van der Waals surface area contributed by atoms with Gasteiger partial charge in [0.2, 0.25) is 0 Å². The zero-order valence-electron chi connectivity index (χ0n) is 21.5. The Bertz CT molecular complexity index is 882. The molecule has 4 atom stereocenters. The van der Waals surface area contributed by atoms with Crippen LogP contribution in [0.1, 0.15) is 85.1 Å². The van der Waals surface area contributed by atoms with E-state index in [0.29, 0.717) is 18.4 Å². The number of hydrogen-bond donors (Lipinski definition) is 2. The van der Waals surface area contributed by atoms with Crippen molar-refractivity contribution in [2.75, 3.05) is 0 Å². The molecule has 0 fully saturated rings. The maximum Gasteiger partial charge on any atom is 0.321 e. The molecule has 196 valence electrons. The summed E-state index contributed by atoms with van der Waals surface area (Å²) < 4.78 is 16.3. The molecule has 0 aliphatic rings. The number of ether oxygens (including phenoxy) is 3. The van der Waals surface area contributed by atoms with Crippen molar-refractivity contribution in [3.63, 3.8) is 0 Å². The number of carbonyl (C=O) groups excluding carboxylic acids is 3. The molecular formula is C26H39NO8. The van der Waals surface area contributed by atoms with Crippen LogP contribution in [-0.2, 0) is 23.9 Å². The average molecular weight is 494 g/mol. The van der Waals surface area contributed by atoms with Crippen LogP contribution in [0.2, 0.25) is 0 Å². The second-order valence-electron chi connectivity index (χ2n) is 9.14. The molecule has 0 heterocycles. The van der Waals surface area contributed by atoms with Gasteiger partial charge < -0.3 is 25.1 Å². The highest BCUT2D eigenvalue weighted by Crippen LogP contribution is 2.35. The molecule has 9 heteroatoms. The minimum absolute atomic E-state index is 0.00562. The number of carbonyl (C=O) groups is 4. The zero-order chi connectivity index (χ0) is 26.7. The summed E-state index contributed by atoms with van der Waals surface area (Å²) in [5, 5.41) is 9.60. The summed E-state index contributed by atoms with van der Waals surface area (Å²) in [5.74, 6) is -3.52. The predicted octanol–water partition coefficient (Wildman–Crippen LogP) is 4.21. The molecule has 9 nitrogen and oxygen atoms in total. The summed E-state index contributed by atoms with van der Waals surface area (Å²) >= 11 is 0. The summed E-state index contributed by atoms with van der Waals surface area (Å²) in [7, 11) is 0. The second kappa shape index (κ2) is 14.5. The largest absolute Gasteiger partial charge is 0.480 e. The van der Waals surface area contributed by atoms with Crippen LogP contribution in [0.4, 0.5) is 0 Å². The number of benzene rings is 1. The molecule has 0 aliphatic carbocycles. The molecule has 1 aromatic carbocycles. The van der Waals surface area contributed by atoms with E-state index in [-0.39, 0.29) is 48.6 Å². The van der Waals surface area contributed by atoms with Gasteiger partial charge in [-0.3, -0.25) is 19.2 Å². The van der Waals surface area contributed by atoms with Gasteiger partial charge in [0.25, 0.3) is 0 Å². The Morgan fingerprint density at radius 1 is 0.914 bits per heavy atom. The fourth-order valence-corrected chi connectivity index (χ4v) is 3.32. The number of hydrogen-bond acceptors (Lipinski definition) is 8. The molecule has 0 saturated heterocycles. The van der Waals surface area contributed by atoms with Crippen LogP contribution >= 0.6 is 0 Å². The van der Waals surface area contributed by atoms with E-state index in [2.05, 4.69) is 0 Å². The lowest BCUT2D eigenvalue weighted by Crippen LogP contribution is -2.38. The number of nitrogens with two attached hydrogens (primary N) is 1. The summed E-state index contributed by atoms with van der Waals surface area (Å²) in [6.45, 7) is 10.9. The first-order valence-electron chi connectivity index (χ1n) is 12.1. The summed E-state index contributed by atoms with van der Waals surface area (Å²) in [4.78, 5) is 48.4. The lowest BCUT2D eigenvalue weighted by molar-refractivity contribution is -0.154. The van der Waals surface area contributed by atoms with E-state index in [1.54, 1.807) is 19.9 Å². The first-order valence-corrected chi connectivity index (χ1v) is 12.1. The van der Waals surface area contributed by atoms with Gasteiger partial charge in [-0.2, -0.15) is 0 Å². The Balaban J connectivity index is 3.30. The lowest BCUT2D eigenvalue weighted by Gasteiger charge is -2.26. The van der Waals surface area contributed by atoms with E-state index in [1.165, 1.54) is 12.1 Å². The maximum atomic E-state index is 12.4. The van der Waals surface area contributed by atoms with Gasteiger partial charge in [-0.1, -0.05) is 40.7 Å². The highest BCUT2D eigenvalue weighted by atomic mass is 16.6. The third kappa shape index (κ3) is 9.68. The Kier molecular flexibility index (Phi) is 12.4. The van der Waals surface area contributed by atoms with E-state index in [9.17, 15) is 24.3 Å². The average Bonchev–Trinajstić information content (AvgIpc) is 2.77. The number of carboxylic acids is 1. The fourth-order valence-electron chi connectivity index (χ4n) is 3.32. The molecule has 3 N–H and O–H groups in total. The van der Waals surface area contributed by atoms with Gasteiger partial charge in [0.15, 0.2) is 11.5 Å². The Hall–Kier alpha value is -2.94. The summed E-state index contributed by atoms with van der Waals surface area (Å²) in [5.41, 5.74) is 6.46. The van der Waals surface area contributed by atoms with E-state index in [4.69, 9.17) is 19.9 Å². The molecule has 1 aromatic rings. The fraction of sp³-hybridized carbons (Fsp3) is 0.615. The third-order valence-electron chi connectivity index (χ3n) is 5.75. The summed E-state index contributed by atoms with van der Waals surface area (Å²) in [6.07, 6.45) is 1.01. The normalized spacial score (nSPS) is 14.5. The molecule has 0 saturated carbocycles. The Labute approximate surface area is 207 Å². The van der Waals surface area contributed by atoms with Crippen LogP contribution in [0.15, 0.2) is 18.2 Å². The molecule has 0 spiro atoms. The van der Waals surface area contributed by atoms with Gasteiger partial charge in [0, 0.05) is 18.8 Å². The molecule has 0 bridgehead atoms. The van der Waals surface area contributed by atoms with Crippen LogP contribution < -0.4 is 15.2 Å². The van der Waals surface area contributed by atoms with Gasteiger partial charge in [0.1, 0.15) is 6.04 Å². The van der Waals surface area contributed by atoms with Gasteiger partial charge >= 0.3 is 23.9 Å². The molecule has 0 aliphatic heterocycles. The number of esters is 3. The third-order valence-corrected chi connectivity index (χ3v) is 5.75. The molecule has 0 amide bonds. The van der Waals surface area contributed by atoms with Crippen molar-refractivity contribution in [3.8, 4) is 11.5 Å². The van der Waals surface area contributed by atoms with E-state index < -0.39 is 36.0 Å². The second-order valence-corrected chi connectivity index (χ2v) is 9.14. The molecular weight excluding hydrogens is 454 g/mol. The smallest absolute Gasteiger partial charge is 0.321 e. The van der Waals surface area contributed by atoms with Crippen molar-refractivity contribution in [1.82, 2.24) is 0 Å². The van der Waals surface area contributed by atoms with Crippen molar-refractivity contribution >= 4 is 23.9 Å². The van der Waals surface area contributed by atoms with Crippen molar-refractivity contribution < 1.29 is 38.5 Å².